The van der Waals surface area contributed by atoms with Crippen LogP contribution in [0.2, 0.25) is 0 Å². The molecule has 1 amide bonds. The molecular formula is C16H27Cl2N3O. The highest BCUT2D eigenvalue weighted by Crippen LogP contribution is 2.19. The zero-order chi connectivity index (χ0) is 14.6. The number of benzene rings is 1. The summed E-state index contributed by atoms with van der Waals surface area (Å²) in [5.74, 6) is -0.0911. The van der Waals surface area contributed by atoms with Gasteiger partial charge in [0.05, 0.1) is 0 Å². The molecule has 0 radical (unpaired) electrons. The highest BCUT2D eigenvalue weighted by molar-refractivity contribution is 5.87. The minimum atomic E-state index is -0.976. The molecule has 0 bridgehead atoms. The summed E-state index contributed by atoms with van der Waals surface area (Å²) in [4.78, 5) is 14.8. The Morgan fingerprint density at radius 1 is 1.36 bits per heavy atom. The van der Waals surface area contributed by atoms with Gasteiger partial charge in [-0.25, -0.2) is 0 Å². The Hall–Kier alpha value is -0.810. The molecule has 1 fully saturated rings. The van der Waals surface area contributed by atoms with E-state index >= 15 is 0 Å². The average molecular weight is 348 g/mol. The zero-order valence-electron chi connectivity index (χ0n) is 13.2. The number of nitrogens with zero attached hydrogens (tertiary/aromatic N) is 1. The van der Waals surface area contributed by atoms with Crippen molar-refractivity contribution in [3.8, 4) is 0 Å². The Morgan fingerprint density at radius 3 is 2.59 bits per heavy atom. The molecule has 0 aliphatic carbocycles. The monoisotopic (exact) mass is 347 g/mol. The Balaban J connectivity index is 0.00000220. The second-order valence-electron chi connectivity index (χ2n) is 5.77. The lowest BCUT2D eigenvalue weighted by Gasteiger charge is -2.34. The van der Waals surface area contributed by atoms with Crippen molar-refractivity contribution in [1.82, 2.24) is 10.2 Å². The molecule has 0 saturated carbocycles. The van der Waals surface area contributed by atoms with Gasteiger partial charge in [0, 0.05) is 12.6 Å². The van der Waals surface area contributed by atoms with Crippen molar-refractivity contribution in [2.24, 2.45) is 5.73 Å². The van der Waals surface area contributed by atoms with E-state index in [-0.39, 0.29) is 36.8 Å². The summed E-state index contributed by atoms with van der Waals surface area (Å²) in [7, 11) is 0. The number of likely N-dealkylation sites (tertiary alicyclic amines) is 1. The van der Waals surface area contributed by atoms with Crippen molar-refractivity contribution in [3.05, 3.63) is 35.9 Å². The Kier molecular flexibility index (Phi) is 9.01. The minimum absolute atomic E-state index is 0. The van der Waals surface area contributed by atoms with Gasteiger partial charge in [0.15, 0.2) is 0 Å². The smallest absolute Gasteiger partial charge is 0.244 e. The van der Waals surface area contributed by atoms with Gasteiger partial charge in [0.2, 0.25) is 5.91 Å². The summed E-state index contributed by atoms with van der Waals surface area (Å²) < 4.78 is 0. The van der Waals surface area contributed by atoms with Gasteiger partial charge in [-0.3, -0.25) is 4.79 Å². The molecule has 2 rings (SSSR count). The molecule has 22 heavy (non-hydrogen) atoms. The van der Waals surface area contributed by atoms with Crippen molar-refractivity contribution >= 4 is 30.7 Å². The molecule has 1 saturated heterocycles. The number of likely N-dealkylation sites (N-methyl/N-ethyl adjacent to an activating group) is 1. The quantitative estimate of drug-likeness (QED) is 0.878. The van der Waals surface area contributed by atoms with Crippen molar-refractivity contribution in [2.45, 2.75) is 38.3 Å². The highest BCUT2D eigenvalue weighted by atomic mass is 35.5. The molecule has 2 atom stereocenters. The van der Waals surface area contributed by atoms with E-state index in [9.17, 15) is 4.79 Å². The molecule has 1 aromatic carbocycles. The molecule has 6 heteroatoms. The molecule has 0 aromatic heterocycles. The first-order chi connectivity index (χ1) is 9.54. The van der Waals surface area contributed by atoms with Crippen LogP contribution in [0.25, 0.3) is 0 Å². The van der Waals surface area contributed by atoms with Gasteiger partial charge in [0.1, 0.15) is 5.54 Å². The van der Waals surface area contributed by atoms with Gasteiger partial charge in [-0.1, -0.05) is 37.3 Å². The first-order valence-electron chi connectivity index (χ1n) is 7.41. The van der Waals surface area contributed by atoms with Crippen LogP contribution in [-0.2, 0) is 10.3 Å². The number of hydrogen-bond acceptors (Lipinski definition) is 3. The largest absolute Gasteiger partial charge is 0.350 e. The molecule has 1 aliphatic rings. The molecular weight excluding hydrogens is 321 g/mol. The van der Waals surface area contributed by atoms with Gasteiger partial charge < -0.3 is 16.0 Å². The summed E-state index contributed by atoms with van der Waals surface area (Å²) in [6.07, 6.45) is 2.17. The maximum absolute atomic E-state index is 12.5. The van der Waals surface area contributed by atoms with E-state index < -0.39 is 5.54 Å². The van der Waals surface area contributed by atoms with Gasteiger partial charge in [-0.05, 0) is 38.4 Å². The third-order valence-corrected chi connectivity index (χ3v) is 4.13. The molecule has 0 spiro atoms. The SMILES string of the molecule is CCN1CCCC(NC(=O)C(C)(N)c2ccccc2)C1.Cl.Cl. The number of amides is 1. The fraction of sp³-hybridized carbons (Fsp3) is 0.562. The molecule has 2 unspecified atom stereocenters. The van der Waals surface area contributed by atoms with Crippen molar-refractivity contribution < 1.29 is 4.79 Å². The van der Waals surface area contributed by atoms with Gasteiger partial charge in [-0.2, -0.15) is 0 Å². The second-order valence-corrected chi connectivity index (χ2v) is 5.77. The second kappa shape index (κ2) is 9.36. The highest BCUT2D eigenvalue weighted by Gasteiger charge is 2.32. The van der Waals surface area contributed by atoms with E-state index in [1.165, 1.54) is 0 Å². The third kappa shape index (κ3) is 5.13. The maximum Gasteiger partial charge on any atom is 0.244 e. The predicted molar refractivity (Wildman–Crippen MR) is 95.8 cm³/mol. The lowest BCUT2D eigenvalue weighted by Crippen LogP contribution is -2.55. The number of rotatable bonds is 4. The van der Waals surface area contributed by atoms with Crippen LogP contribution in [0.3, 0.4) is 0 Å². The number of piperidine rings is 1. The Morgan fingerprint density at radius 2 is 2.00 bits per heavy atom. The number of carbonyl (C=O) groups excluding carboxylic acids is 1. The topological polar surface area (TPSA) is 58.4 Å². The van der Waals surface area contributed by atoms with Crippen LogP contribution >= 0.6 is 24.8 Å². The fourth-order valence-corrected chi connectivity index (χ4v) is 2.71. The number of nitrogens with one attached hydrogen (secondary N) is 1. The van der Waals surface area contributed by atoms with Gasteiger partial charge >= 0.3 is 0 Å². The molecule has 4 nitrogen and oxygen atoms in total. The summed E-state index contributed by atoms with van der Waals surface area (Å²) in [5.41, 5.74) is 6.11. The van der Waals surface area contributed by atoms with Crippen LogP contribution < -0.4 is 11.1 Å². The fourth-order valence-electron chi connectivity index (χ4n) is 2.71. The minimum Gasteiger partial charge on any atom is -0.350 e. The molecule has 3 N–H and O–H groups in total. The van der Waals surface area contributed by atoms with E-state index in [1.807, 2.05) is 30.3 Å². The Bertz CT molecular complexity index is 454. The van der Waals surface area contributed by atoms with Crippen LogP contribution in [0.5, 0.6) is 0 Å². The number of carbonyl (C=O) groups is 1. The summed E-state index contributed by atoms with van der Waals surface area (Å²) in [6, 6.07) is 9.76. The molecule has 126 valence electrons. The van der Waals surface area contributed by atoms with Crippen LogP contribution in [0.15, 0.2) is 30.3 Å². The summed E-state index contributed by atoms with van der Waals surface area (Å²) in [6.45, 7) is 7.01. The van der Waals surface area contributed by atoms with E-state index in [0.717, 1.165) is 38.0 Å². The molecule has 1 aromatic rings. The summed E-state index contributed by atoms with van der Waals surface area (Å²) >= 11 is 0. The van der Waals surface area contributed by atoms with Crippen LogP contribution in [0.4, 0.5) is 0 Å². The zero-order valence-corrected chi connectivity index (χ0v) is 14.9. The van der Waals surface area contributed by atoms with Crippen molar-refractivity contribution in [2.75, 3.05) is 19.6 Å². The van der Waals surface area contributed by atoms with E-state index in [0.29, 0.717) is 0 Å². The van der Waals surface area contributed by atoms with Gasteiger partial charge in [0.25, 0.3) is 0 Å². The molecule has 1 aliphatic heterocycles. The van der Waals surface area contributed by atoms with Crippen LogP contribution in [-0.4, -0.2) is 36.5 Å². The van der Waals surface area contributed by atoms with Crippen LogP contribution in [0.1, 0.15) is 32.3 Å². The number of halogens is 2. The average Bonchev–Trinajstić information content (AvgIpc) is 2.48. The third-order valence-electron chi connectivity index (χ3n) is 4.13. The van der Waals surface area contributed by atoms with E-state index in [4.69, 9.17) is 5.73 Å². The van der Waals surface area contributed by atoms with Crippen LogP contribution in [0, 0.1) is 0 Å². The Labute approximate surface area is 145 Å². The summed E-state index contributed by atoms with van der Waals surface area (Å²) in [5, 5.41) is 3.12. The number of hydrogen-bond donors (Lipinski definition) is 2. The van der Waals surface area contributed by atoms with E-state index in [2.05, 4.69) is 17.1 Å². The molecule has 1 heterocycles. The first kappa shape index (κ1) is 21.2. The standard InChI is InChI=1S/C16H25N3O.2ClH/c1-3-19-11-7-10-14(12-19)18-15(20)16(2,17)13-8-5-4-6-9-13;;/h4-6,8-9,14H,3,7,10-12,17H2,1-2H3,(H,18,20);2*1H. The predicted octanol–water partition coefficient (Wildman–Crippen LogP) is 2.30. The van der Waals surface area contributed by atoms with Crippen molar-refractivity contribution in [1.29, 1.82) is 0 Å². The first-order valence-corrected chi connectivity index (χ1v) is 7.41. The lowest BCUT2D eigenvalue weighted by molar-refractivity contribution is -0.127. The number of nitrogens with two attached hydrogens (primary N) is 1. The maximum atomic E-state index is 12.5. The van der Waals surface area contributed by atoms with Crippen molar-refractivity contribution in [3.63, 3.8) is 0 Å². The van der Waals surface area contributed by atoms with E-state index in [1.54, 1.807) is 6.92 Å². The lowest BCUT2D eigenvalue weighted by atomic mass is 9.91. The van der Waals surface area contributed by atoms with Gasteiger partial charge in [-0.15, -0.1) is 24.8 Å². The normalized spacial score (nSPS) is 21.0.